The Balaban J connectivity index is 1.46. The smallest absolute Gasteiger partial charge is 0.335 e. The van der Waals surface area contributed by atoms with E-state index >= 15 is 0 Å². The van der Waals surface area contributed by atoms with E-state index in [0.29, 0.717) is 0 Å². The fraction of sp³-hybridized carbons (Fsp3) is 0.205. The van der Waals surface area contributed by atoms with Crippen LogP contribution < -0.4 is 0 Å². The average Bonchev–Trinajstić information content (AvgIpc) is 3.04. The Bertz CT molecular complexity index is 2230. The van der Waals surface area contributed by atoms with Crippen molar-refractivity contribution in [2.75, 3.05) is 6.26 Å². The summed E-state index contributed by atoms with van der Waals surface area (Å²) in [6.45, 7) is 9.39. The van der Waals surface area contributed by atoms with E-state index in [-0.39, 0.29) is 16.4 Å². The van der Waals surface area contributed by atoms with Crippen molar-refractivity contribution in [3.05, 3.63) is 141 Å². The van der Waals surface area contributed by atoms with Gasteiger partial charge in [0.2, 0.25) is 0 Å². The number of benzene rings is 5. The summed E-state index contributed by atoms with van der Waals surface area (Å²) in [5, 5.41) is 15.8. The molecule has 0 amide bonds. The number of hydrogen-bond donors (Lipinski definition) is 1. The molecule has 0 fully saturated rings. The van der Waals surface area contributed by atoms with Gasteiger partial charge in [0.05, 0.1) is 11.8 Å². The van der Waals surface area contributed by atoms with Crippen molar-refractivity contribution in [2.45, 2.75) is 46.0 Å². The molecule has 2 aliphatic rings. The average molecular weight is 649 g/mol. The van der Waals surface area contributed by atoms with Gasteiger partial charge in [0.25, 0.3) is 0 Å². The highest BCUT2D eigenvalue weighted by atomic mass is 32.2. The summed E-state index contributed by atoms with van der Waals surface area (Å²) in [4.78, 5) is 11.4. The minimum Gasteiger partial charge on any atom is -0.612 e. The van der Waals surface area contributed by atoms with Gasteiger partial charge in [0, 0.05) is 0 Å². The molecule has 0 saturated carbocycles. The van der Waals surface area contributed by atoms with E-state index in [9.17, 15) is 14.5 Å². The minimum absolute atomic E-state index is 0.0471. The molecule has 0 saturated heterocycles. The van der Waals surface area contributed by atoms with Crippen LogP contribution in [0.25, 0.3) is 56.5 Å². The first-order chi connectivity index (χ1) is 22.9. The molecule has 3 nitrogen and oxygen atoms in total. The van der Waals surface area contributed by atoms with Crippen molar-refractivity contribution >= 4 is 62.5 Å². The van der Waals surface area contributed by atoms with Gasteiger partial charge in [-0.3, -0.25) is 0 Å². The molecular weight excluding hydrogens is 609 g/mol. The second kappa shape index (κ2) is 12.1. The van der Waals surface area contributed by atoms with Gasteiger partial charge in [-0.25, -0.2) is 4.79 Å². The maximum atomic E-state index is 12.4. The van der Waals surface area contributed by atoms with Crippen LogP contribution >= 0.6 is 0 Å². The van der Waals surface area contributed by atoms with E-state index in [1.54, 1.807) is 29.4 Å². The van der Waals surface area contributed by atoms with Crippen molar-refractivity contribution in [3.63, 3.8) is 0 Å². The van der Waals surface area contributed by atoms with Gasteiger partial charge in [0.15, 0.2) is 0 Å². The van der Waals surface area contributed by atoms with Crippen molar-refractivity contribution < 1.29 is 14.5 Å². The highest BCUT2D eigenvalue weighted by Crippen LogP contribution is 2.51. The minimum atomic E-state index is -1.11. The molecule has 5 aromatic carbocycles. The summed E-state index contributed by atoms with van der Waals surface area (Å²) in [6.07, 6.45) is 14.7. The van der Waals surface area contributed by atoms with Gasteiger partial charge in [-0.15, -0.1) is 0 Å². The Morgan fingerprint density at radius 1 is 0.792 bits per heavy atom. The lowest BCUT2D eigenvalue weighted by atomic mass is 9.64. The molecule has 0 bridgehead atoms. The third kappa shape index (κ3) is 5.96. The van der Waals surface area contributed by atoms with E-state index < -0.39 is 17.1 Å². The summed E-state index contributed by atoms with van der Waals surface area (Å²) < 4.78 is 12.4. The molecule has 4 heteroatoms. The Kier molecular flexibility index (Phi) is 8.06. The van der Waals surface area contributed by atoms with Crippen molar-refractivity contribution in [3.8, 4) is 11.1 Å². The number of carbonyl (C=O) groups is 1. The second-order valence-electron chi connectivity index (χ2n) is 14.5. The predicted molar refractivity (Wildman–Crippen MR) is 204 cm³/mol. The van der Waals surface area contributed by atoms with E-state index in [4.69, 9.17) is 0 Å². The van der Waals surface area contributed by atoms with Crippen molar-refractivity contribution in [1.82, 2.24) is 0 Å². The zero-order valence-electron chi connectivity index (χ0n) is 28.1. The van der Waals surface area contributed by atoms with Crippen LogP contribution in [-0.4, -0.2) is 21.9 Å². The van der Waals surface area contributed by atoms with Crippen LogP contribution in [0.15, 0.2) is 108 Å². The molecule has 7 rings (SSSR count). The summed E-state index contributed by atoms with van der Waals surface area (Å²) in [6, 6.07) is 28.9. The van der Waals surface area contributed by atoms with Crippen LogP contribution in [0, 0.1) is 5.41 Å². The zero-order valence-corrected chi connectivity index (χ0v) is 28.9. The van der Waals surface area contributed by atoms with Crippen molar-refractivity contribution in [2.24, 2.45) is 5.41 Å². The number of fused-ring (bicyclic) bond motifs is 5. The highest BCUT2D eigenvalue weighted by molar-refractivity contribution is 7.93. The maximum absolute atomic E-state index is 12.4. The Morgan fingerprint density at radius 2 is 1.54 bits per heavy atom. The third-order valence-corrected chi connectivity index (χ3v) is 10.4. The zero-order chi connectivity index (χ0) is 33.8. The monoisotopic (exact) mass is 648 g/mol. The molecule has 1 N–H and O–H groups in total. The Morgan fingerprint density at radius 3 is 2.29 bits per heavy atom. The molecule has 1 atom stereocenters. The quantitative estimate of drug-likeness (QED) is 0.147. The largest absolute Gasteiger partial charge is 0.612 e. The topological polar surface area (TPSA) is 60.4 Å². The number of aromatic carboxylic acids is 1. The van der Waals surface area contributed by atoms with Gasteiger partial charge >= 0.3 is 5.97 Å². The molecule has 2 aliphatic carbocycles. The molecule has 240 valence electrons. The number of hydrogen-bond acceptors (Lipinski definition) is 2. The van der Waals surface area contributed by atoms with Crippen LogP contribution in [0.3, 0.4) is 0 Å². The van der Waals surface area contributed by atoms with Crippen LogP contribution in [0.4, 0.5) is 0 Å². The molecule has 0 radical (unpaired) electrons. The Labute approximate surface area is 286 Å². The Hall–Kier alpha value is -4.64. The lowest BCUT2D eigenvalue weighted by Crippen LogP contribution is -2.27. The first-order valence-corrected chi connectivity index (χ1v) is 18.1. The summed E-state index contributed by atoms with van der Waals surface area (Å²) in [7, 11) is 0. The first kappa shape index (κ1) is 31.9. The van der Waals surface area contributed by atoms with Crippen LogP contribution in [0.2, 0.25) is 0 Å². The fourth-order valence-corrected chi connectivity index (χ4v) is 8.05. The molecule has 5 aromatic rings. The number of carboxylic acid groups (broad SMARTS) is 1. The second-order valence-corrected chi connectivity index (χ2v) is 15.8. The molecule has 48 heavy (non-hydrogen) atoms. The molecule has 0 heterocycles. The van der Waals surface area contributed by atoms with E-state index in [1.165, 1.54) is 27.5 Å². The molecule has 0 aliphatic heterocycles. The van der Waals surface area contributed by atoms with Gasteiger partial charge in [-0.2, -0.15) is 0 Å². The molecule has 1 unspecified atom stereocenters. The highest BCUT2D eigenvalue weighted by Gasteiger charge is 2.36. The predicted octanol–water partition coefficient (Wildman–Crippen LogP) is 11.3. The SMILES string of the molecule is C[S+]([O-])/C=C/c1cc2c3c(ccc2cc1-c1c(/C=C/c2ccc(C(=O)O)cc2)ccc2ccccc12)C1=C(CC(C)(C)C=C1)CC3(C)C. The summed E-state index contributed by atoms with van der Waals surface area (Å²) in [5.74, 6) is -0.937. The van der Waals surface area contributed by atoms with E-state index in [1.807, 2.05) is 24.3 Å². The fourth-order valence-electron chi connectivity index (χ4n) is 7.71. The molecular formula is C44H40O3S. The standard InChI is InChI=1S/C44H40O3S/c1-43(2)22-20-35-34(26-43)27-44(3,4)41-37(35)19-18-32-24-38(33(25-39(32)41)21-23-48(5)47)40-30(17-16-29-8-6-7-9-36(29)40)13-10-28-11-14-31(15-12-28)42(45)46/h6-25H,26-27H2,1-5H3,(H,45,46)/b13-10+,23-21+. The number of carboxylic acids is 1. The van der Waals surface area contributed by atoms with Gasteiger partial charge in [-0.1, -0.05) is 118 Å². The van der Waals surface area contributed by atoms with Crippen LogP contribution in [0.1, 0.15) is 78.7 Å². The van der Waals surface area contributed by atoms with E-state index in [2.05, 4.69) is 107 Å². The number of rotatable bonds is 6. The number of allylic oxidation sites excluding steroid dienone is 4. The van der Waals surface area contributed by atoms with Gasteiger partial charge in [-0.05, 0) is 131 Å². The maximum Gasteiger partial charge on any atom is 0.335 e. The normalized spacial score (nSPS) is 17.3. The van der Waals surface area contributed by atoms with Gasteiger partial charge in [0.1, 0.15) is 5.41 Å². The summed E-state index contributed by atoms with van der Waals surface area (Å²) in [5.41, 5.74) is 11.2. The third-order valence-electron chi connectivity index (χ3n) is 9.85. The van der Waals surface area contributed by atoms with Gasteiger partial charge < -0.3 is 9.66 Å². The van der Waals surface area contributed by atoms with Crippen molar-refractivity contribution in [1.29, 1.82) is 0 Å². The summed E-state index contributed by atoms with van der Waals surface area (Å²) >= 11 is -1.11. The molecule has 0 spiro atoms. The molecule has 0 aromatic heterocycles. The first-order valence-electron chi connectivity index (χ1n) is 16.5. The van der Waals surface area contributed by atoms with Crippen LogP contribution in [0.5, 0.6) is 0 Å². The van der Waals surface area contributed by atoms with E-state index in [0.717, 1.165) is 51.4 Å². The lowest BCUT2D eigenvalue weighted by Gasteiger charge is -2.40. The lowest BCUT2D eigenvalue weighted by molar-refractivity contribution is 0.0697. The van der Waals surface area contributed by atoms with Crippen LogP contribution in [-0.2, 0) is 16.6 Å².